The highest BCUT2D eigenvalue weighted by Crippen LogP contribution is 2.28. The molecule has 0 amide bonds. The summed E-state index contributed by atoms with van der Waals surface area (Å²) in [5, 5.41) is 9.62. The van der Waals surface area contributed by atoms with Gasteiger partial charge in [-0.3, -0.25) is 4.98 Å². The fourth-order valence-electron chi connectivity index (χ4n) is 1.65. The second-order valence-corrected chi connectivity index (χ2v) is 5.89. The van der Waals surface area contributed by atoms with Gasteiger partial charge in [-0.05, 0) is 29.8 Å². The van der Waals surface area contributed by atoms with Crippen LogP contribution in [0.15, 0.2) is 52.4 Å². The molecular formula is C14H9Cl2N3OS. The Balaban J connectivity index is 1.69. The number of aromatic nitrogens is 3. The molecule has 3 aromatic rings. The molecule has 0 radical (unpaired) electrons. The molecule has 0 aliphatic heterocycles. The Morgan fingerprint density at radius 3 is 2.57 bits per heavy atom. The average Bonchev–Trinajstić information content (AvgIpc) is 2.98. The summed E-state index contributed by atoms with van der Waals surface area (Å²) in [6.07, 6.45) is 3.37. The molecule has 0 spiro atoms. The first-order valence-electron chi connectivity index (χ1n) is 6.03. The van der Waals surface area contributed by atoms with Crippen molar-refractivity contribution in [2.75, 3.05) is 0 Å². The monoisotopic (exact) mass is 337 g/mol. The molecule has 0 saturated carbocycles. The molecule has 0 aliphatic rings. The summed E-state index contributed by atoms with van der Waals surface area (Å²) in [4.78, 5) is 3.95. The SMILES string of the molecule is Clc1ccc(CSc2nnc(-c3ccncc3)o2)cc1Cl. The molecule has 21 heavy (non-hydrogen) atoms. The van der Waals surface area contributed by atoms with E-state index in [0.717, 1.165) is 11.1 Å². The molecule has 0 saturated heterocycles. The molecule has 7 heteroatoms. The minimum absolute atomic E-state index is 0.481. The molecule has 4 nitrogen and oxygen atoms in total. The fraction of sp³-hybridized carbons (Fsp3) is 0.0714. The van der Waals surface area contributed by atoms with Crippen molar-refractivity contribution in [1.82, 2.24) is 15.2 Å². The quantitative estimate of drug-likeness (QED) is 0.644. The summed E-state index contributed by atoms with van der Waals surface area (Å²) in [7, 11) is 0. The number of benzene rings is 1. The minimum atomic E-state index is 0.481. The van der Waals surface area contributed by atoms with Gasteiger partial charge in [-0.25, -0.2) is 0 Å². The molecule has 1 aromatic carbocycles. The van der Waals surface area contributed by atoms with Gasteiger partial charge in [-0.1, -0.05) is 41.0 Å². The normalized spacial score (nSPS) is 10.8. The first kappa shape index (κ1) is 14.4. The van der Waals surface area contributed by atoms with E-state index in [1.165, 1.54) is 11.8 Å². The lowest BCUT2D eigenvalue weighted by Gasteiger charge is -2.00. The number of hydrogen-bond donors (Lipinski definition) is 0. The second-order valence-electron chi connectivity index (χ2n) is 4.15. The average molecular weight is 338 g/mol. The Bertz CT molecular complexity index is 749. The van der Waals surface area contributed by atoms with E-state index in [-0.39, 0.29) is 0 Å². The van der Waals surface area contributed by atoms with Gasteiger partial charge >= 0.3 is 0 Å². The van der Waals surface area contributed by atoms with E-state index in [0.29, 0.717) is 26.9 Å². The van der Waals surface area contributed by atoms with Crippen LogP contribution in [0.25, 0.3) is 11.5 Å². The minimum Gasteiger partial charge on any atom is -0.411 e. The van der Waals surface area contributed by atoms with Crippen molar-refractivity contribution in [1.29, 1.82) is 0 Å². The van der Waals surface area contributed by atoms with Gasteiger partial charge in [0.15, 0.2) is 0 Å². The lowest BCUT2D eigenvalue weighted by atomic mass is 10.2. The smallest absolute Gasteiger partial charge is 0.277 e. The van der Waals surface area contributed by atoms with Gasteiger partial charge in [0.25, 0.3) is 5.22 Å². The number of nitrogens with zero attached hydrogens (tertiary/aromatic N) is 3. The van der Waals surface area contributed by atoms with E-state index in [1.807, 2.05) is 24.3 Å². The number of rotatable bonds is 4. The second kappa shape index (κ2) is 6.47. The van der Waals surface area contributed by atoms with Crippen molar-refractivity contribution >= 4 is 35.0 Å². The first-order valence-corrected chi connectivity index (χ1v) is 7.77. The maximum atomic E-state index is 5.98. The van der Waals surface area contributed by atoms with Crippen LogP contribution in [0.4, 0.5) is 0 Å². The molecule has 0 unspecified atom stereocenters. The Kier molecular flexibility index (Phi) is 4.43. The Morgan fingerprint density at radius 1 is 1.00 bits per heavy atom. The Labute approximate surface area is 135 Å². The van der Waals surface area contributed by atoms with E-state index in [4.69, 9.17) is 27.6 Å². The molecule has 2 aromatic heterocycles. The van der Waals surface area contributed by atoms with Crippen LogP contribution in [0.3, 0.4) is 0 Å². The van der Waals surface area contributed by atoms with Crippen molar-refractivity contribution in [3.8, 4) is 11.5 Å². The van der Waals surface area contributed by atoms with Crippen LogP contribution in [0.5, 0.6) is 0 Å². The zero-order valence-corrected chi connectivity index (χ0v) is 13.0. The van der Waals surface area contributed by atoms with Gasteiger partial charge in [0, 0.05) is 23.7 Å². The van der Waals surface area contributed by atoms with Gasteiger partial charge in [-0.2, -0.15) is 0 Å². The van der Waals surface area contributed by atoms with Gasteiger partial charge in [0.05, 0.1) is 10.0 Å². The molecule has 0 bridgehead atoms. The molecule has 0 aliphatic carbocycles. The van der Waals surface area contributed by atoms with Crippen LogP contribution in [-0.4, -0.2) is 15.2 Å². The first-order chi connectivity index (χ1) is 10.2. The van der Waals surface area contributed by atoms with Crippen LogP contribution in [0.1, 0.15) is 5.56 Å². The van der Waals surface area contributed by atoms with Gasteiger partial charge < -0.3 is 4.42 Å². The Hall–Kier alpha value is -1.56. The van der Waals surface area contributed by atoms with Crippen molar-refractivity contribution in [2.45, 2.75) is 11.0 Å². The summed E-state index contributed by atoms with van der Waals surface area (Å²) in [5.41, 5.74) is 1.89. The lowest BCUT2D eigenvalue weighted by Crippen LogP contribution is -1.81. The molecule has 0 N–H and O–H groups in total. The van der Waals surface area contributed by atoms with Crippen LogP contribution in [0, 0.1) is 0 Å². The molecular weight excluding hydrogens is 329 g/mol. The number of pyridine rings is 1. The highest BCUT2D eigenvalue weighted by atomic mass is 35.5. The Morgan fingerprint density at radius 2 is 1.81 bits per heavy atom. The number of hydrogen-bond acceptors (Lipinski definition) is 5. The molecule has 106 valence electrons. The molecule has 0 fully saturated rings. The van der Waals surface area contributed by atoms with Crippen LogP contribution >= 0.6 is 35.0 Å². The van der Waals surface area contributed by atoms with Crippen molar-refractivity contribution in [3.05, 3.63) is 58.3 Å². The van der Waals surface area contributed by atoms with Gasteiger partial charge in [0.2, 0.25) is 5.89 Å². The van der Waals surface area contributed by atoms with Crippen LogP contribution < -0.4 is 0 Å². The zero-order valence-electron chi connectivity index (χ0n) is 10.7. The van der Waals surface area contributed by atoms with E-state index in [1.54, 1.807) is 18.5 Å². The fourth-order valence-corrected chi connectivity index (χ4v) is 2.68. The van der Waals surface area contributed by atoms with E-state index in [9.17, 15) is 0 Å². The molecule has 3 rings (SSSR count). The van der Waals surface area contributed by atoms with Crippen molar-refractivity contribution in [2.24, 2.45) is 0 Å². The molecule has 2 heterocycles. The van der Waals surface area contributed by atoms with Crippen LogP contribution in [0.2, 0.25) is 10.0 Å². The number of thioether (sulfide) groups is 1. The van der Waals surface area contributed by atoms with Gasteiger partial charge in [-0.15, -0.1) is 10.2 Å². The molecule has 0 atom stereocenters. The van der Waals surface area contributed by atoms with Gasteiger partial charge in [0.1, 0.15) is 0 Å². The van der Waals surface area contributed by atoms with E-state index in [2.05, 4.69) is 15.2 Å². The maximum absolute atomic E-state index is 5.98. The predicted octanol–water partition coefficient (Wildman–Crippen LogP) is 4.73. The number of halogens is 2. The lowest BCUT2D eigenvalue weighted by molar-refractivity contribution is 0.466. The van der Waals surface area contributed by atoms with E-state index < -0.39 is 0 Å². The highest BCUT2D eigenvalue weighted by molar-refractivity contribution is 7.98. The summed E-state index contributed by atoms with van der Waals surface area (Å²) in [6, 6.07) is 9.16. The predicted molar refractivity (Wildman–Crippen MR) is 83.6 cm³/mol. The summed E-state index contributed by atoms with van der Waals surface area (Å²) in [5.74, 6) is 1.16. The topological polar surface area (TPSA) is 51.8 Å². The summed E-state index contributed by atoms with van der Waals surface area (Å²) >= 11 is 13.3. The summed E-state index contributed by atoms with van der Waals surface area (Å²) < 4.78 is 5.60. The van der Waals surface area contributed by atoms with Crippen LogP contribution in [-0.2, 0) is 5.75 Å². The van der Waals surface area contributed by atoms with Crippen molar-refractivity contribution < 1.29 is 4.42 Å². The standard InChI is InChI=1S/C14H9Cl2N3OS/c15-11-2-1-9(7-12(11)16)8-21-14-19-18-13(20-14)10-3-5-17-6-4-10/h1-7H,8H2. The zero-order chi connectivity index (χ0) is 14.7. The third kappa shape index (κ3) is 3.56. The summed E-state index contributed by atoms with van der Waals surface area (Å²) in [6.45, 7) is 0. The maximum Gasteiger partial charge on any atom is 0.277 e. The van der Waals surface area contributed by atoms with Crippen molar-refractivity contribution in [3.63, 3.8) is 0 Å². The largest absolute Gasteiger partial charge is 0.411 e. The third-order valence-corrected chi connectivity index (χ3v) is 4.31. The van der Waals surface area contributed by atoms with E-state index >= 15 is 0 Å². The third-order valence-electron chi connectivity index (χ3n) is 2.68. The highest BCUT2D eigenvalue weighted by Gasteiger charge is 2.09.